The van der Waals surface area contributed by atoms with Crippen molar-refractivity contribution in [2.24, 2.45) is 0 Å². The number of unbranched alkanes of at least 4 members (excludes halogenated alkanes) is 26. The molecule has 432 valence electrons. The summed E-state index contributed by atoms with van der Waals surface area (Å²) in [5.74, 6) is -1.86. The van der Waals surface area contributed by atoms with E-state index in [1.54, 1.807) is 0 Å². The Morgan fingerprint density at radius 3 is 1.52 bits per heavy atom. The molecule has 0 aromatic carbocycles. The van der Waals surface area contributed by atoms with Crippen LogP contribution in [0.25, 0.3) is 0 Å². The maximum atomic E-state index is 13.5. The van der Waals surface area contributed by atoms with Crippen LogP contribution in [0, 0.1) is 0 Å². The number of rotatable bonds is 55. The normalized spacial score (nSPS) is 13.8. The molecule has 73 heavy (non-hydrogen) atoms. The van der Waals surface area contributed by atoms with Crippen LogP contribution in [0.4, 0.5) is 0 Å². The van der Waals surface area contributed by atoms with Crippen molar-refractivity contribution in [2.45, 2.75) is 302 Å². The number of phosphoric ester groups is 1. The van der Waals surface area contributed by atoms with Gasteiger partial charge in [-0.2, -0.15) is 0 Å². The zero-order valence-electron chi connectivity index (χ0n) is 46.4. The van der Waals surface area contributed by atoms with E-state index in [1.807, 2.05) is 0 Å². The maximum absolute atomic E-state index is 13.5. The second-order valence-electron chi connectivity index (χ2n) is 20.7. The van der Waals surface area contributed by atoms with Gasteiger partial charge in [0.2, 0.25) is 11.8 Å². The third-order valence-corrected chi connectivity index (χ3v) is 14.0. The van der Waals surface area contributed by atoms with E-state index in [9.17, 15) is 48.8 Å². The average Bonchev–Trinajstić information content (AvgIpc) is 3.34. The fourth-order valence-corrected chi connectivity index (χ4v) is 9.34. The van der Waals surface area contributed by atoms with E-state index in [0.717, 1.165) is 77.0 Å². The highest BCUT2D eigenvalue weighted by atomic mass is 31.2. The highest BCUT2D eigenvalue weighted by Gasteiger charge is 2.27. The van der Waals surface area contributed by atoms with Crippen molar-refractivity contribution in [2.75, 3.05) is 32.9 Å². The number of aliphatic hydroxyl groups is 3. The summed E-state index contributed by atoms with van der Waals surface area (Å²) in [5, 5.41) is 38.7. The number of carbonyl (C=O) groups is 4. The first kappa shape index (κ1) is 70.8. The van der Waals surface area contributed by atoms with E-state index in [4.69, 9.17) is 9.47 Å². The standard InChI is InChI=1S/C56H110N3O13P/c1-4-7-10-13-16-19-22-25-29-36-49(61)44-53(63)58-48(35-34-37-50(62)47-60)46-57-41-32-28-33-42-70-56(66)52(40-43-71-73(67,68)69)59-54(64)45-51(38-30-26-23-20-17-14-11-8-5-2)72-55(65)39-31-27-24-21-18-15-12-9-6-3/h48-52,57,60-62H,4-47H2,1-3H3,(H,58,63)(H,59,64)(H2,67,68,69)/t48?,49-,50?,51-,52?/m1/s1. The van der Waals surface area contributed by atoms with E-state index >= 15 is 0 Å². The lowest BCUT2D eigenvalue weighted by molar-refractivity contribution is -0.153. The van der Waals surface area contributed by atoms with E-state index in [0.29, 0.717) is 58.0 Å². The van der Waals surface area contributed by atoms with Crippen molar-refractivity contribution in [3.63, 3.8) is 0 Å². The minimum atomic E-state index is -4.83. The van der Waals surface area contributed by atoms with Crippen LogP contribution in [-0.4, -0.2) is 112 Å². The van der Waals surface area contributed by atoms with Crippen molar-refractivity contribution in [1.82, 2.24) is 16.0 Å². The Morgan fingerprint density at radius 2 is 0.986 bits per heavy atom. The van der Waals surface area contributed by atoms with Crippen LogP contribution >= 0.6 is 7.82 Å². The molecule has 0 spiro atoms. The summed E-state index contributed by atoms with van der Waals surface area (Å²) in [5.41, 5.74) is 0. The third-order valence-electron chi connectivity index (χ3n) is 13.5. The summed E-state index contributed by atoms with van der Waals surface area (Å²) >= 11 is 0. The Labute approximate surface area is 443 Å². The summed E-state index contributed by atoms with van der Waals surface area (Å²) < 4.78 is 27.4. The Hall–Kier alpha value is -2.17. The van der Waals surface area contributed by atoms with Gasteiger partial charge < -0.3 is 50.5 Å². The Morgan fingerprint density at radius 1 is 0.507 bits per heavy atom. The van der Waals surface area contributed by atoms with Gasteiger partial charge in [0.25, 0.3) is 0 Å². The van der Waals surface area contributed by atoms with Gasteiger partial charge in [0.05, 0.1) is 44.9 Å². The average molecular weight is 1060 g/mol. The van der Waals surface area contributed by atoms with E-state index in [-0.39, 0.29) is 56.8 Å². The fourth-order valence-electron chi connectivity index (χ4n) is 9.00. The first-order valence-corrected chi connectivity index (χ1v) is 31.1. The van der Waals surface area contributed by atoms with Gasteiger partial charge in [-0.3, -0.25) is 18.9 Å². The maximum Gasteiger partial charge on any atom is 0.469 e. The lowest BCUT2D eigenvalue weighted by Crippen LogP contribution is -2.44. The third kappa shape index (κ3) is 49.2. The zero-order valence-corrected chi connectivity index (χ0v) is 47.3. The Balaban J connectivity index is 5.13. The van der Waals surface area contributed by atoms with Gasteiger partial charge in [-0.15, -0.1) is 0 Å². The highest BCUT2D eigenvalue weighted by molar-refractivity contribution is 7.46. The second kappa shape index (κ2) is 50.6. The number of carbonyl (C=O) groups excluding carboxylic acids is 4. The van der Waals surface area contributed by atoms with Gasteiger partial charge in [-0.1, -0.05) is 181 Å². The van der Waals surface area contributed by atoms with E-state index in [1.165, 1.54) is 103 Å². The van der Waals surface area contributed by atoms with Crippen LogP contribution in [0.15, 0.2) is 0 Å². The van der Waals surface area contributed by atoms with Crippen molar-refractivity contribution in [3.05, 3.63) is 0 Å². The molecule has 16 nitrogen and oxygen atoms in total. The first-order valence-electron chi connectivity index (χ1n) is 29.6. The van der Waals surface area contributed by atoms with Crippen LogP contribution in [0.2, 0.25) is 0 Å². The topological polar surface area (TPSA) is 250 Å². The molecule has 0 fully saturated rings. The highest BCUT2D eigenvalue weighted by Crippen LogP contribution is 2.35. The van der Waals surface area contributed by atoms with Gasteiger partial charge in [0, 0.05) is 25.4 Å². The van der Waals surface area contributed by atoms with Crippen LogP contribution in [0.3, 0.4) is 0 Å². The van der Waals surface area contributed by atoms with Crippen LogP contribution in [0.1, 0.15) is 271 Å². The molecule has 0 bridgehead atoms. The molecule has 0 saturated heterocycles. The molecule has 0 saturated carbocycles. The summed E-state index contributed by atoms with van der Waals surface area (Å²) in [6, 6.07) is -1.48. The van der Waals surface area contributed by atoms with Crippen LogP contribution < -0.4 is 16.0 Å². The number of hydrogen-bond acceptors (Lipinski definition) is 12. The van der Waals surface area contributed by atoms with Gasteiger partial charge >= 0.3 is 19.8 Å². The monoisotopic (exact) mass is 1060 g/mol. The lowest BCUT2D eigenvalue weighted by atomic mass is 10.0. The second-order valence-corrected chi connectivity index (χ2v) is 21.9. The molecular weight excluding hydrogens is 954 g/mol. The summed E-state index contributed by atoms with van der Waals surface area (Å²) in [7, 11) is -4.83. The molecule has 0 aromatic heterocycles. The number of aliphatic hydroxyl groups excluding tert-OH is 3. The minimum Gasteiger partial charge on any atom is -0.464 e. The SMILES string of the molecule is CCCCCCCCCCCC(=O)O[C@H](CCCCCCCCCCC)CC(=O)NC(CCOP(=O)(O)O)C(=O)OCCCCCNCC(CCCC(O)CO)NC(=O)C[C@H](O)CCCCCCCCCCC. The van der Waals surface area contributed by atoms with E-state index in [2.05, 4.69) is 41.2 Å². The smallest absolute Gasteiger partial charge is 0.464 e. The van der Waals surface area contributed by atoms with Gasteiger partial charge in [0.1, 0.15) is 12.1 Å². The predicted octanol–water partition coefficient (Wildman–Crippen LogP) is 11.1. The lowest BCUT2D eigenvalue weighted by Gasteiger charge is -2.21. The van der Waals surface area contributed by atoms with Crippen molar-refractivity contribution >= 4 is 31.6 Å². The van der Waals surface area contributed by atoms with Crippen LogP contribution in [-0.2, 0) is 37.7 Å². The van der Waals surface area contributed by atoms with Gasteiger partial charge in [-0.25, -0.2) is 9.36 Å². The largest absolute Gasteiger partial charge is 0.469 e. The molecule has 0 aromatic rings. The number of esters is 2. The van der Waals surface area contributed by atoms with Crippen molar-refractivity contribution in [3.8, 4) is 0 Å². The van der Waals surface area contributed by atoms with Gasteiger partial charge in [0.15, 0.2) is 0 Å². The molecule has 0 heterocycles. The van der Waals surface area contributed by atoms with E-state index < -0.39 is 50.7 Å². The first-order chi connectivity index (χ1) is 35.2. The number of amides is 2. The predicted molar refractivity (Wildman–Crippen MR) is 292 cm³/mol. The molecule has 8 N–H and O–H groups in total. The summed E-state index contributed by atoms with van der Waals surface area (Å²) in [4.78, 5) is 71.2. The van der Waals surface area contributed by atoms with Crippen molar-refractivity contribution < 1.29 is 62.8 Å². The van der Waals surface area contributed by atoms with Crippen molar-refractivity contribution in [1.29, 1.82) is 0 Å². The molecule has 0 radical (unpaired) electrons. The Kier molecular flexibility index (Phi) is 49.1. The zero-order chi connectivity index (χ0) is 54.1. The number of ether oxygens (including phenoxy) is 2. The number of hydrogen-bond donors (Lipinski definition) is 8. The summed E-state index contributed by atoms with van der Waals surface area (Å²) in [6.07, 6.45) is 33.1. The Bertz CT molecular complexity index is 1360. The molecule has 5 atom stereocenters. The molecule has 0 aliphatic rings. The molecule has 0 rings (SSSR count). The molecule has 3 unspecified atom stereocenters. The number of phosphoric acid groups is 1. The molecule has 2 amide bonds. The quantitative estimate of drug-likeness (QED) is 0.0160. The summed E-state index contributed by atoms with van der Waals surface area (Å²) in [6.45, 7) is 6.93. The molecule has 17 heteroatoms. The minimum absolute atomic E-state index is 0.0293. The van der Waals surface area contributed by atoms with Gasteiger partial charge in [-0.05, 0) is 70.8 Å². The fraction of sp³-hybridized carbons (Fsp3) is 0.929. The molecule has 0 aliphatic carbocycles. The van der Waals surface area contributed by atoms with Crippen LogP contribution in [0.5, 0.6) is 0 Å². The molecular formula is C56H110N3O13P. The molecule has 0 aliphatic heterocycles. The number of nitrogens with one attached hydrogen (secondary N) is 3.